The minimum atomic E-state index is -0.525. The molecular weight excluding hydrogens is 281 g/mol. The zero-order valence-electron chi connectivity index (χ0n) is 10.5. The lowest BCUT2D eigenvalue weighted by Crippen LogP contribution is -2.06. The average molecular weight is 292 g/mol. The highest BCUT2D eigenvalue weighted by molar-refractivity contribution is 6.30. The van der Waals surface area contributed by atoms with Crippen molar-refractivity contribution >= 4 is 17.4 Å². The molecule has 0 unspecified atom stereocenters. The summed E-state index contributed by atoms with van der Waals surface area (Å²) in [7, 11) is 0. The van der Waals surface area contributed by atoms with Gasteiger partial charge in [0.25, 0.3) is 0 Å². The Bertz CT molecular complexity index is 688. The molecule has 0 saturated heterocycles. The maximum absolute atomic E-state index is 13.1. The van der Waals surface area contributed by atoms with Crippen LogP contribution >= 0.6 is 11.6 Å². The van der Waals surface area contributed by atoms with E-state index in [-0.39, 0.29) is 17.8 Å². The molecule has 20 heavy (non-hydrogen) atoms. The van der Waals surface area contributed by atoms with Crippen LogP contribution in [0.3, 0.4) is 0 Å². The van der Waals surface area contributed by atoms with Crippen molar-refractivity contribution in [3.8, 4) is 5.75 Å². The molecule has 3 nitrogen and oxygen atoms in total. The molecule has 1 aromatic heterocycles. The highest BCUT2D eigenvalue weighted by Gasteiger charge is 2.20. The van der Waals surface area contributed by atoms with Crippen LogP contribution in [-0.2, 0) is 12.8 Å². The number of carbonyl (C=O) groups excluding carboxylic acids is 1. The van der Waals surface area contributed by atoms with Gasteiger partial charge in [0.2, 0.25) is 0 Å². The molecule has 2 aromatic rings. The number of pyridine rings is 1. The van der Waals surface area contributed by atoms with E-state index in [1.165, 1.54) is 12.3 Å². The Morgan fingerprint density at radius 1 is 1.35 bits per heavy atom. The van der Waals surface area contributed by atoms with Gasteiger partial charge in [0.15, 0.2) is 5.78 Å². The van der Waals surface area contributed by atoms with Gasteiger partial charge in [-0.05, 0) is 23.8 Å². The summed E-state index contributed by atoms with van der Waals surface area (Å²) in [4.78, 5) is 15.9. The number of hydrogen-bond acceptors (Lipinski definition) is 3. The molecule has 1 aliphatic rings. The number of ketones is 1. The molecule has 102 valence electrons. The molecule has 3 rings (SSSR count). The molecular formula is C15H11ClFNO2. The molecule has 0 amide bonds. The highest BCUT2D eigenvalue weighted by atomic mass is 35.5. The predicted molar refractivity (Wildman–Crippen MR) is 72.9 cm³/mol. The minimum absolute atomic E-state index is 0.119. The van der Waals surface area contributed by atoms with Gasteiger partial charge in [-0.1, -0.05) is 11.6 Å². The largest absolute Gasteiger partial charge is 0.493 e. The van der Waals surface area contributed by atoms with Crippen molar-refractivity contribution < 1.29 is 13.9 Å². The summed E-state index contributed by atoms with van der Waals surface area (Å²) < 4.78 is 18.6. The van der Waals surface area contributed by atoms with Crippen LogP contribution in [0, 0.1) is 5.82 Å². The molecule has 0 N–H and O–H groups in total. The van der Waals surface area contributed by atoms with Gasteiger partial charge in [-0.15, -0.1) is 0 Å². The summed E-state index contributed by atoms with van der Waals surface area (Å²) >= 11 is 6.04. The zero-order chi connectivity index (χ0) is 14.1. The number of nitrogens with zero attached hydrogens (tertiary/aromatic N) is 1. The standard InChI is InChI=1S/C15H11ClFNO2/c16-12-3-9-1-2-20-15(9)10(4-12)6-14(19)11-5-13(17)8-18-7-11/h3-5,7-8H,1-2,6H2. The van der Waals surface area contributed by atoms with Gasteiger partial charge in [-0.3, -0.25) is 9.78 Å². The lowest BCUT2D eigenvalue weighted by molar-refractivity contribution is 0.0991. The third kappa shape index (κ3) is 2.51. The first kappa shape index (κ1) is 13.1. The second kappa shape index (κ2) is 5.21. The normalized spacial score (nSPS) is 12.9. The van der Waals surface area contributed by atoms with Crippen LogP contribution < -0.4 is 4.74 Å². The van der Waals surface area contributed by atoms with Crippen molar-refractivity contribution in [3.05, 3.63) is 58.1 Å². The zero-order valence-corrected chi connectivity index (χ0v) is 11.3. The topological polar surface area (TPSA) is 39.2 Å². The van der Waals surface area contributed by atoms with Crippen molar-refractivity contribution in [1.82, 2.24) is 4.98 Å². The maximum atomic E-state index is 13.1. The summed E-state index contributed by atoms with van der Waals surface area (Å²) in [6.07, 6.45) is 3.33. The van der Waals surface area contributed by atoms with Crippen LogP contribution in [0.15, 0.2) is 30.6 Å². The van der Waals surface area contributed by atoms with Crippen molar-refractivity contribution in [2.75, 3.05) is 6.61 Å². The van der Waals surface area contributed by atoms with Gasteiger partial charge in [-0.2, -0.15) is 0 Å². The lowest BCUT2D eigenvalue weighted by Gasteiger charge is -2.08. The fraction of sp³-hybridized carbons (Fsp3) is 0.200. The van der Waals surface area contributed by atoms with Gasteiger partial charge in [0, 0.05) is 35.2 Å². The number of carbonyl (C=O) groups is 1. The maximum Gasteiger partial charge on any atom is 0.169 e. The Balaban J connectivity index is 1.90. The van der Waals surface area contributed by atoms with Crippen LogP contribution in [0.1, 0.15) is 21.5 Å². The molecule has 1 aromatic carbocycles. The molecule has 0 saturated carbocycles. The van der Waals surface area contributed by atoms with E-state index in [9.17, 15) is 9.18 Å². The van der Waals surface area contributed by atoms with E-state index in [0.29, 0.717) is 11.6 Å². The number of fused-ring (bicyclic) bond motifs is 1. The summed E-state index contributed by atoms with van der Waals surface area (Å²) in [5, 5.41) is 0.578. The molecule has 0 radical (unpaired) electrons. The van der Waals surface area contributed by atoms with Crippen molar-refractivity contribution in [2.45, 2.75) is 12.8 Å². The Kier molecular flexibility index (Phi) is 3.40. The van der Waals surface area contributed by atoms with Gasteiger partial charge in [0.05, 0.1) is 12.8 Å². The van der Waals surface area contributed by atoms with Crippen molar-refractivity contribution in [3.63, 3.8) is 0 Å². The van der Waals surface area contributed by atoms with Gasteiger partial charge < -0.3 is 4.74 Å². The fourth-order valence-electron chi connectivity index (χ4n) is 2.32. The highest BCUT2D eigenvalue weighted by Crippen LogP contribution is 2.33. The van der Waals surface area contributed by atoms with E-state index in [1.807, 2.05) is 6.07 Å². The Morgan fingerprint density at radius 3 is 3.00 bits per heavy atom. The monoisotopic (exact) mass is 291 g/mol. The van der Waals surface area contributed by atoms with Crippen molar-refractivity contribution in [2.24, 2.45) is 0 Å². The number of halogens is 2. The van der Waals surface area contributed by atoms with Gasteiger partial charge in [-0.25, -0.2) is 4.39 Å². The van der Waals surface area contributed by atoms with Crippen LogP contribution in [0.2, 0.25) is 5.02 Å². The number of ether oxygens (including phenoxy) is 1. The molecule has 5 heteroatoms. The van der Waals surface area contributed by atoms with E-state index in [2.05, 4.69) is 4.98 Å². The summed E-state index contributed by atoms with van der Waals surface area (Å²) in [5.41, 5.74) is 1.99. The van der Waals surface area contributed by atoms with Crippen LogP contribution in [0.4, 0.5) is 4.39 Å². The SMILES string of the molecule is O=C(Cc1cc(Cl)cc2c1OCC2)c1cncc(F)c1. The van der Waals surface area contributed by atoms with Gasteiger partial charge in [0.1, 0.15) is 11.6 Å². The van der Waals surface area contributed by atoms with E-state index in [0.717, 1.165) is 29.5 Å². The number of aromatic nitrogens is 1. The first-order valence-corrected chi connectivity index (χ1v) is 6.59. The quantitative estimate of drug-likeness (QED) is 0.815. The number of benzene rings is 1. The Morgan fingerprint density at radius 2 is 2.20 bits per heavy atom. The van der Waals surface area contributed by atoms with Crippen LogP contribution in [0.25, 0.3) is 0 Å². The first-order chi connectivity index (χ1) is 9.63. The van der Waals surface area contributed by atoms with Gasteiger partial charge >= 0.3 is 0 Å². The van der Waals surface area contributed by atoms with Crippen LogP contribution in [0.5, 0.6) is 5.75 Å². The number of rotatable bonds is 3. The van der Waals surface area contributed by atoms with Crippen LogP contribution in [-0.4, -0.2) is 17.4 Å². The second-order valence-electron chi connectivity index (χ2n) is 4.64. The Labute approximate surface area is 120 Å². The molecule has 0 bridgehead atoms. The van der Waals surface area contributed by atoms with E-state index >= 15 is 0 Å². The Hall–Kier alpha value is -1.94. The second-order valence-corrected chi connectivity index (χ2v) is 5.08. The summed E-state index contributed by atoms with van der Waals surface area (Å²) in [5.74, 6) is -0.00694. The predicted octanol–water partition coefficient (Wildman–Crippen LogP) is 3.23. The molecule has 0 aliphatic carbocycles. The third-order valence-corrected chi connectivity index (χ3v) is 3.42. The molecule has 0 atom stereocenters. The number of hydrogen-bond donors (Lipinski definition) is 0. The minimum Gasteiger partial charge on any atom is -0.493 e. The van der Waals surface area contributed by atoms with E-state index in [1.54, 1.807) is 6.07 Å². The summed E-state index contributed by atoms with van der Waals surface area (Å²) in [6, 6.07) is 4.75. The first-order valence-electron chi connectivity index (χ1n) is 6.21. The third-order valence-electron chi connectivity index (χ3n) is 3.20. The molecule has 2 heterocycles. The smallest absolute Gasteiger partial charge is 0.169 e. The lowest BCUT2D eigenvalue weighted by atomic mass is 10.0. The van der Waals surface area contributed by atoms with E-state index in [4.69, 9.17) is 16.3 Å². The van der Waals surface area contributed by atoms with Crippen molar-refractivity contribution in [1.29, 1.82) is 0 Å². The molecule has 1 aliphatic heterocycles. The van der Waals surface area contributed by atoms with E-state index < -0.39 is 5.82 Å². The summed E-state index contributed by atoms with van der Waals surface area (Å²) in [6.45, 7) is 0.596. The molecule has 0 fully saturated rings. The molecule has 0 spiro atoms. The fourth-order valence-corrected chi connectivity index (χ4v) is 2.58. The number of Topliss-reactive ketones (excluding diaryl/α,β-unsaturated/α-hetero) is 1. The average Bonchev–Trinajstić information content (AvgIpc) is 2.86.